The Kier molecular flexibility index (Phi) is 4.88. The van der Waals surface area contributed by atoms with Crippen molar-refractivity contribution in [3.05, 3.63) is 29.8 Å². The second-order valence-corrected chi connectivity index (χ2v) is 4.69. The van der Waals surface area contributed by atoms with Gasteiger partial charge in [0.15, 0.2) is 0 Å². The van der Waals surface area contributed by atoms with Crippen molar-refractivity contribution in [2.45, 2.75) is 19.8 Å². The minimum absolute atomic E-state index is 0.609. The molecule has 0 unspecified atom stereocenters. The van der Waals surface area contributed by atoms with E-state index in [0.717, 1.165) is 12.3 Å². The molecule has 2 heteroatoms. The summed E-state index contributed by atoms with van der Waals surface area (Å²) in [6.45, 7) is 5.49. The molecule has 0 spiro atoms. The SMILES string of the molecule is CSCCNc1cccc(C(C)C)c1. The lowest BCUT2D eigenvalue weighted by molar-refractivity contribution is 0.867. The van der Waals surface area contributed by atoms with Crippen LogP contribution in [0.5, 0.6) is 0 Å². The summed E-state index contributed by atoms with van der Waals surface area (Å²) in [7, 11) is 0. The lowest BCUT2D eigenvalue weighted by atomic mass is 10.0. The van der Waals surface area contributed by atoms with E-state index in [1.807, 2.05) is 11.8 Å². The van der Waals surface area contributed by atoms with Gasteiger partial charge in [-0.2, -0.15) is 11.8 Å². The summed E-state index contributed by atoms with van der Waals surface area (Å²) in [6.07, 6.45) is 2.13. The highest BCUT2D eigenvalue weighted by Crippen LogP contribution is 2.18. The molecule has 0 radical (unpaired) electrons. The van der Waals surface area contributed by atoms with Crippen molar-refractivity contribution in [2.24, 2.45) is 0 Å². The molecule has 0 amide bonds. The van der Waals surface area contributed by atoms with E-state index >= 15 is 0 Å². The fourth-order valence-electron chi connectivity index (χ4n) is 1.31. The number of anilines is 1. The van der Waals surface area contributed by atoms with E-state index in [2.05, 4.69) is 49.7 Å². The van der Waals surface area contributed by atoms with Gasteiger partial charge in [0.05, 0.1) is 0 Å². The minimum Gasteiger partial charge on any atom is -0.384 e. The second kappa shape index (κ2) is 5.97. The average molecular weight is 209 g/mol. The van der Waals surface area contributed by atoms with Crippen LogP contribution in [0, 0.1) is 0 Å². The fourth-order valence-corrected chi connectivity index (χ4v) is 1.61. The number of thioether (sulfide) groups is 1. The number of hydrogen-bond donors (Lipinski definition) is 1. The molecule has 1 rings (SSSR count). The molecule has 0 fully saturated rings. The summed E-state index contributed by atoms with van der Waals surface area (Å²) in [5.41, 5.74) is 2.64. The van der Waals surface area contributed by atoms with E-state index < -0.39 is 0 Å². The summed E-state index contributed by atoms with van der Waals surface area (Å²) in [6, 6.07) is 8.68. The largest absolute Gasteiger partial charge is 0.384 e. The van der Waals surface area contributed by atoms with Gasteiger partial charge >= 0.3 is 0 Å². The molecule has 0 aromatic heterocycles. The maximum atomic E-state index is 3.42. The predicted octanol–water partition coefficient (Wildman–Crippen LogP) is 3.58. The van der Waals surface area contributed by atoms with Crippen LogP contribution in [-0.4, -0.2) is 18.6 Å². The topological polar surface area (TPSA) is 12.0 Å². The highest BCUT2D eigenvalue weighted by atomic mass is 32.2. The molecule has 0 aliphatic heterocycles. The third-order valence-corrected chi connectivity index (χ3v) is 2.80. The van der Waals surface area contributed by atoms with Gasteiger partial charge in [-0.15, -0.1) is 0 Å². The van der Waals surface area contributed by atoms with Gasteiger partial charge in [-0.3, -0.25) is 0 Å². The lowest BCUT2D eigenvalue weighted by Crippen LogP contribution is -2.04. The molecule has 0 saturated carbocycles. The average Bonchev–Trinajstić information content (AvgIpc) is 2.19. The summed E-state index contributed by atoms with van der Waals surface area (Å²) >= 11 is 1.87. The first-order valence-electron chi connectivity index (χ1n) is 5.07. The van der Waals surface area contributed by atoms with E-state index in [1.54, 1.807) is 0 Å². The number of hydrogen-bond acceptors (Lipinski definition) is 2. The molecular weight excluding hydrogens is 190 g/mol. The highest BCUT2D eigenvalue weighted by molar-refractivity contribution is 7.98. The van der Waals surface area contributed by atoms with E-state index in [-0.39, 0.29) is 0 Å². The zero-order valence-electron chi connectivity index (χ0n) is 9.21. The Bertz CT molecular complexity index is 271. The van der Waals surface area contributed by atoms with Gasteiger partial charge in [-0.25, -0.2) is 0 Å². The van der Waals surface area contributed by atoms with E-state index in [0.29, 0.717) is 5.92 Å². The van der Waals surface area contributed by atoms with Crippen molar-refractivity contribution in [3.63, 3.8) is 0 Å². The zero-order valence-corrected chi connectivity index (χ0v) is 10.0. The minimum atomic E-state index is 0.609. The van der Waals surface area contributed by atoms with Crippen LogP contribution in [0.15, 0.2) is 24.3 Å². The normalized spacial score (nSPS) is 10.6. The number of benzene rings is 1. The molecule has 0 aliphatic rings. The predicted molar refractivity (Wildman–Crippen MR) is 67.4 cm³/mol. The maximum Gasteiger partial charge on any atom is 0.0343 e. The molecular formula is C12H19NS. The van der Waals surface area contributed by atoms with Crippen molar-refractivity contribution in [2.75, 3.05) is 23.9 Å². The van der Waals surface area contributed by atoms with Crippen LogP contribution < -0.4 is 5.32 Å². The molecule has 0 aliphatic carbocycles. The van der Waals surface area contributed by atoms with Crippen molar-refractivity contribution in [1.29, 1.82) is 0 Å². The van der Waals surface area contributed by atoms with Crippen molar-refractivity contribution < 1.29 is 0 Å². The van der Waals surface area contributed by atoms with Gasteiger partial charge in [0.1, 0.15) is 0 Å². The van der Waals surface area contributed by atoms with Crippen LogP contribution in [-0.2, 0) is 0 Å². The summed E-state index contributed by atoms with van der Waals surface area (Å²) in [5, 5.41) is 3.42. The molecule has 1 aromatic rings. The van der Waals surface area contributed by atoms with Gasteiger partial charge in [0.2, 0.25) is 0 Å². The second-order valence-electron chi connectivity index (χ2n) is 3.70. The Labute approximate surface area is 91.3 Å². The summed E-state index contributed by atoms with van der Waals surface area (Å²) in [5.74, 6) is 1.77. The lowest BCUT2D eigenvalue weighted by Gasteiger charge is -2.09. The van der Waals surface area contributed by atoms with Crippen LogP contribution in [0.25, 0.3) is 0 Å². The standard InChI is InChI=1S/C12H19NS/c1-10(2)11-5-4-6-12(9-11)13-7-8-14-3/h4-6,9-10,13H,7-8H2,1-3H3. The van der Waals surface area contributed by atoms with Crippen molar-refractivity contribution >= 4 is 17.4 Å². The molecule has 0 saturated heterocycles. The van der Waals surface area contributed by atoms with Crippen LogP contribution in [0.4, 0.5) is 5.69 Å². The Morgan fingerprint density at radius 2 is 2.14 bits per heavy atom. The third-order valence-electron chi connectivity index (χ3n) is 2.19. The molecule has 14 heavy (non-hydrogen) atoms. The molecule has 1 N–H and O–H groups in total. The van der Waals surface area contributed by atoms with E-state index in [9.17, 15) is 0 Å². The van der Waals surface area contributed by atoms with Crippen molar-refractivity contribution in [3.8, 4) is 0 Å². The first-order valence-corrected chi connectivity index (χ1v) is 6.46. The van der Waals surface area contributed by atoms with Crippen LogP contribution >= 0.6 is 11.8 Å². The summed E-state index contributed by atoms with van der Waals surface area (Å²) < 4.78 is 0. The maximum absolute atomic E-state index is 3.42. The Morgan fingerprint density at radius 1 is 1.36 bits per heavy atom. The Morgan fingerprint density at radius 3 is 2.79 bits per heavy atom. The molecule has 78 valence electrons. The van der Waals surface area contributed by atoms with Gasteiger partial charge in [-0.05, 0) is 29.9 Å². The third kappa shape index (κ3) is 3.62. The van der Waals surface area contributed by atoms with Crippen molar-refractivity contribution in [1.82, 2.24) is 0 Å². The molecule has 0 atom stereocenters. The Balaban J connectivity index is 2.55. The molecule has 0 bridgehead atoms. The molecule has 1 nitrogen and oxygen atoms in total. The van der Waals surface area contributed by atoms with Gasteiger partial charge in [0.25, 0.3) is 0 Å². The highest BCUT2D eigenvalue weighted by Gasteiger charge is 1.99. The van der Waals surface area contributed by atoms with Gasteiger partial charge in [-0.1, -0.05) is 26.0 Å². The zero-order chi connectivity index (χ0) is 10.4. The monoisotopic (exact) mass is 209 g/mol. The molecule has 0 heterocycles. The van der Waals surface area contributed by atoms with Gasteiger partial charge in [0, 0.05) is 18.0 Å². The quantitative estimate of drug-likeness (QED) is 0.744. The molecule has 1 aromatic carbocycles. The number of rotatable bonds is 5. The first-order chi connectivity index (χ1) is 6.74. The van der Waals surface area contributed by atoms with Crippen LogP contribution in [0.1, 0.15) is 25.3 Å². The fraction of sp³-hybridized carbons (Fsp3) is 0.500. The van der Waals surface area contributed by atoms with Gasteiger partial charge < -0.3 is 5.32 Å². The van der Waals surface area contributed by atoms with E-state index in [4.69, 9.17) is 0 Å². The van der Waals surface area contributed by atoms with E-state index in [1.165, 1.54) is 11.3 Å². The van der Waals surface area contributed by atoms with Crippen LogP contribution in [0.2, 0.25) is 0 Å². The van der Waals surface area contributed by atoms with Crippen LogP contribution in [0.3, 0.4) is 0 Å². The Hall–Kier alpha value is -0.630. The number of nitrogens with one attached hydrogen (secondary N) is 1. The summed E-state index contributed by atoms with van der Waals surface area (Å²) in [4.78, 5) is 0. The first kappa shape index (κ1) is 11.4. The smallest absolute Gasteiger partial charge is 0.0343 e.